The zero-order valence-electron chi connectivity index (χ0n) is 15.7. The first kappa shape index (κ1) is 18.0. The lowest BCUT2D eigenvalue weighted by molar-refractivity contribution is -0.384. The molecule has 1 saturated heterocycles. The number of piperazine rings is 1. The van der Waals surface area contributed by atoms with E-state index in [0.717, 1.165) is 23.5 Å². The van der Waals surface area contributed by atoms with Gasteiger partial charge in [-0.1, -0.05) is 0 Å². The van der Waals surface area contributed by atoms with E-state index in [1.54, 1.807) is 22.6 Å². The molecule has 148 valence electrons. The Balaban J connectivity index is 1.32. The minimum Gasteiger partial charge on any atom is -0.352 e. The molecule has 1 amide bonds. The first-order valence-corrected chi connectivity index (χ1v) is 10.5. The van der Waals surface area contributed by atoms with Gasteiger partial charge in [0, 0.05) is 48.8 Å². The number of nitrogens with zero attached hydrogens (tertiary/aromatic N) is 5. The van der Waals surface area contributed by atoms with Crippen LogP contribution >= 0.6 is 11.3 Å². The first-order chi connectivity index (χ1) is 14.1. The molecule has 0 spiro atoms. The monoisotopic (exact) mass is 409 g/mol. The summed E-state index contributed by atoms with van der Waals surface area (Å²) in [5.74, 6) is 0.889. The van der Waals surface area contributed by atoms with Crippen LogP contribution in [0.3, 0.4) is 0 Å². The lowest BCUT2D eigenvalue weighted by atomic mass is 10.1. The summed E-state index contributed by atoms with van der Waals surface area (Å²) in [5, 5.41) is 12.0. The summed E-state index contributed by atoms with van der Waals surface area (Å²) in [5.41, 5.74) is 1.87. The molecule has 9 heteroatoms. The molecule has 0 radical (unpaired) electrons. The van der Waals surface area contributed by atoms with Gasteiger partial charge in [0.25, 0.3) is 11.6 Å². The molecule has 1 aliphatic carbocycles. The Morgan fingerprint density at radius 2 is 1.83 bits per heavy atom. The van der Waals surface area contributed by atoms with Crippen molar-refractivity contribution in [3.8, 4) is 0 Å². The van der Waals surface area contributed by atoms with E-state index in [1.165, 1.54) is 46.5 Å². The number of nitro benzene ring substituents is 1. The van der Waals surface area contributed by atoms with Crippen LogP contribution < -0.4 is 4.90 Å². The molecule has 8 nitrogen and oxygen atoms in total. The zero-order chi connectivity index (χ0) is 20.0. The van der Waals surface area contributed by atoms with Gasteiger partial charge < -0.3 is 9.80 Å². The summed E-state index contributed by atoms with van der Waals surface area (Å²) in [4.78, 5) is 38.7. The van der Waals surface area contributed by atoms with Gasteiger partial charge in [0.2, 0.25) is 0 Å². The summed E-state index contributed by atoms with van der Waals surface area (Å²) in [6.07, 6.45) is 5.06. The largest absolute Gasteiger partial charge is 0.352 e. The van der Waals surface area contributed by atoms with E-state index in [1.807, 2.05) is 0 Å². The Morgan fingerprint density at radius 3 is 2.55 bits per heavy atom. The number of hydrogen-bond acceptors (Lipinski definition) is 7. The summed E-state index contributed by atoms with van der Waals surface area (Å²) in [7, 11) is 0. The third-order valence-corrected chi connectivity index (χ3v) is 6.87. The van der Waals surface area contributed by atoms with Crippen molar-refractivity contribution in [3.05, 3.63) is 56.7 Å². The predicted octanol–water partition coefficient (Wildman–Crippen LogP) is 3.05. The highest BCUT2D eigenvalue weighted by atomic mass is 32.1. The molecule has 3 heterocycles. The molecule has 2 aromatic heterocycles. The second-order valence-corrected chi connectivity index (χ2v) is 8.40. The Hall–Kier alpha value is -3.07. The van der Waals surface area contributed by atoms with Gasteiger partial charge in [0.15, 0.2) is 0 Å². The number of thiophene rings is 1. The van der Waals surface area contributed by atoms with Crippen molar-refractivity contribution < 1.29 is 9.72 Å². The Bertz CT molecular complexity index is 1100. The maximum Gasteiger partial charge on any atom is 0.269 e. The molecular weight excluding hydrogens is 390 g/mol. The van der Waals surface area contributed by atoms with Crippen molar-refractivity contribution in [3.63, 3.8) is 0 Å². The molecule has 2 aliphatic rings. The average molecular weight is 409 g/mol. The molecule has 3 aromatic rings. The van der Waals surface area contributed by atoms with E-state index >= 15 is 0 Å². The van der Waals surface area contributed by atoms with E-state index in [0.29, 0.717) is 31.7 Å². The number of fused-ring (bicyclic) bond motifs is 3. The van der Waals surface area contributed by atoms with Crippen LogP contribution in [-0.2, 0) is 12.8 Å². The number of anilines is 1. The van der Waals surface area contributed by atoms with Crippen LogP contribution in [0.5, 0.6) is 0 Å². The van der Waals surface area contributed by atoms with Crippen molar-refractivity contribution in [2.75, 3.05) is 31.1 Å². The lowest BCUT2D eigenvalue weighted by Crippen LogP contribution is -2.49. The average Bonchev–Trinajstić information content (AvgIpc) is 3.34. The van der Waals surface area contributed by atoms with Gasteiger partial charge in [-0.3, -0.25) is 14.9 Å². The highest BCUT2D eigenvalue weighted by Crippen LogP contribution is 2.40. The minimum atomic E-state index is -0.462. The molecule has 0 atom stereocenters. The van der Waals surface area contributed by atoms with Crippen molar-refractivity contribution >= 4 is 39.0 Å². The quantitative estimate of drug-likeness (QED) is 0.488. The summed E-state index contributed by atoms with van der Waals surface area (Å²) >= 11 is 1.78. The topological polar surface area (TPSA) is 92.5 Å². The molecule has 0 saturated carbocycles. The zero-order valence-corrected chi connectivity index (χ0v) is 16.5. The maximum absolute atomic E-state index is 12.8. The van der Waals surface area contributed by atoms with Gasteiger partial charge in [-0.2, -0.15) is 0 Å². The normalized spacial score (nSPS) is 16.3. The van der Waals surface area contributed by atoms with Crippen LogP contribution in [0.1, 0.15) is 27.2 Å². The van der Waals surface area contributed by atoms with Gasteiger partial charge in [0.1, 0.15) is 17.0 Å². The fourth-order valence-electron chi connectivity index (χ4n) is 4.18. The highest BCUT2D eigenvalue weighted by Gasteiger charge is 2.27. The number of aryl methyl sites for hydroxylation is 2. The van der Waals surface area contributed by atoms with Crippen LogP contribution in [0.25, 0.3) is 10.2 Å². The number of hydrogen-bond donors (Lipinski definition) is 0. The van der Waals surface area contributed by atoms with Crippen LogP contribution in [0.4, 0.5) is 11.5 Å². The number of amides is 1. The molecule has 0 unspecified atom stereocenters. The maximum atomic E-state index is 12.8. The minimum absolute atomic E-state index is 0.0116. The van der Waals surface area contributed by atoms with Gasteiger partial charge in [-0.15, -0.1) is 11.3 Å². The van der Waals surface area contributed by atoms with Gasteiger partial charge >= 0.3 is 0 Å². The molecule has 0 bridgehead atoms. The first-order valence-electron chi connectivity index (χ1n) is 9.66. The molecule has 29 heavy (non-hydrogen) atoms. The number of rotatable bonds is 3. The standard InChI is InChI=1S/C20H19N5O3S/c26-20(13-4-6-14(7-5-13)25(27)28)24-10-8-23(9-11-24)18-17-15-2-1-3-16(15)29-19(17)22-12-21-18/h4-7,12H,1-3,8-11H2. The number of benzene rings is 1. The fourth-order valence-corrected chi connectivity index (χ4v) is 5.40. The van der Waals surface area contributed by atoms with Crippen LogP contribution in [0.2, 0.25) is 0 Å². The smallest absolute Gasteiger partial charge is 0.269 e. The van der Waals surface area contributed by atoms with Crippen molar-refractivity contribution in [2.45, 2.75) is 19.3 Å². The van der Waals surface area contributed by atoms with Crippen molar-refractivity contribution in [2.24, 2.45) is 0 Å². The van der Waals surface area contributed by atoms with Crippen LogP contribution in [0.15, 0.2) is 30.6 Å². The van der Waals surface area contributed by atoms with E-state index in [9.17, 15) is 14.9 Å². The molecule has 5 rings (SSSR count). The molecule has 1 aromatic carbocycles. The second kappa shape index (κ2) is 7.07. The molecule has 0 N–H and O–H groups in total. The van der Waals surface area contributed by atoms with E-state index in [4.69, 9.17) is 0 Å². The lowest BCUT2D eigenvalue weighted by Gasteiger charge is -2.35. The third-order valence-electron chi connectivity index (χ3n) is 5.67. The van der Waals surface area contributed by atoms with Gasteiger partial charge in [-0.05, 0) is 37.0 Å². The summed E-state index contributed by atoms with van der Waals surface area (Å²) in [6, 6.07) is 5.79. The predicted molar refractivity (Wildman–Crippen MR) is 111 cm³/mol. The number of non-ortho nitro benzene ring substituents is 1. The second-order valence-electron chi connectivity index (χ2n) is 7.32. The Morgan fingerprint density at radius 1 is 1.07 bits per heavy atom. The molecule has 1 fully saturated rings. The van der Waals surface area contributed by atoms with Crippen LogP contribution in [0, 0.1) is 10.1 Å². The van der Waals surface area contributed by atoms with E-state index < -0.39 is 4.92 Å². The fraction of sp³-hybridized carbons (Fsp3) is 0.350. The highest BCUT2D eigenvalue weighted by molar-refractivity contribution is 7.19. The van der Waals surface area contributed by atoms with Gasteiger partial charge in [0.05, 0.1) is 10.3 Å². The summed E-state index contributed by atoms with van der Waals surface area (Å²) in [6.45, 7) is 2.59. The third kappa shape index (κ3) is 3.11. The Kier molecular flexibility index (Phi) is 4.39. The molecular formula is C20H19N5O3S. The van der Waals surface area contributed by atoms with E-state index in [2.05, 4.69) is 14.9 Å². The number of carbonyl (C=O) groups is 1. The Labute approximate surface area is 170 Å². The van der Waals surface area contributed by atoms with Gasteiger partial charge in [-0.25, -0.2) is 9.97 Å². The van der Waals surface area contributed by atoms with Crippen molar-refractivity contribution in [1.82, 2.24) is 14.9 Å². The van der Waals surface area contributed by atoms with E-state index in [-0.39, 0.29) is 11.6 Å². The number of nitro groups is 1. The molecule has 1 aliphatic heterocycles. The number of carbonyl (C=O) groups excluding carboxylic acids is 1. The SMILES string of the molecule is O=C(c1ccc([N+](=O)[O-])cc1)N1CCN(c2ncnc3sc4c(c23)CCC4)CC1. The van der Waals surface area contributed by atoms with Crippen LogP contribution in [-0.4, -0.2) is 51.9 Å². The summed E-state index contributed by atoms with van der Waals surface area (Å²) < 4.78 is 0. The van der Waals surface area contributed by atoms with Crippen molar-refractivity contribution in [1.29, 1.82) is 0 Å². The number of aromatic nitrogens is 2.